The Kier molecular flexibility index (Phi) is 6.11. The number of nitrogens with one attached hydrogen (secondary N) is 1. The van der Waals surface area contributed by atoms with E-state index in [0.29, 0.717) is 18.8 Å². The van der Waals surface area contributed by atoms with Crippen LogP contribution < -0.4 is 5.32 Å². The normalized spacial score (nSPS) is 15.6. The molecule has 1 aliphatic rings. The van der Waals surface area contributed by atoms with Crippen LogP contribution in [-0.4, -0.2) is 31.7 Å². The predicted molar refractivity (Wildman–Crippen MR) is 106 cm³/mol. The fourth-order valence-electron chi connectivity index (χ4n) is 3.03. The van der Waals surface area contributed by atoms with E-state index >= 15 is 0 Å². The summed E-state index contributed by atoms with van der Waals surface area (Å²) in [6, 6.07) is 14.0. The SMILES string of the molecule is O=C(Cc1cccc(Br)c1)Nc1cccc(S(=O)(=O)N2CCCCC2)c1. The zero-order valence-corrected chi connectivity index (χ0v) is 16.7. The summed E-state index contributed by atoms with van der Waals surface area (Å²) in [5.41, 5.74) is 1.37. The lowest BCUT2D eigenvalue weighted by Gasteiger charge is -2.26. The van der Waals surface area contributed by atoms with Gasteiger partial charge in [-0.25, -0.2) is 8.42 Å². The van der Waals surface area contributed by atoms with Crippen LogP contribution in [0.4, 0.5) is 5.69 Å². The van der Waals surface area contributed by atoms with Crippen molar-refractivity contribution in [3.05, 3.63) is 58.6 Å². The Labute approximate surface area is 162 Å². The zero-order valence-electron chi connectivity index (χ0n) is 14.3. The van der Waals surface area contributed by atoms with Crippen molar-refractivity contribution in [2.24, 2.45) is 0 Å². The fraction of sp³-hybridized carbons (Fsp3) is 0.316. The third-order valence-electron chi connectivity index (χ3n) is 4.32. The standard InChI is InChI=1S/C19H21BrN2O3S/c20-16-7-4-6-15(12-16)13-19(23)21-17-8-5-9-18(14-17)26(24,25)22-10-2-1-3-11-22/h4-9,12,14H,1-3,10-11,13H2,(H,21,23). The molecule has 0 aromatic heterocycles. The molecule has 0 aliphatic carbocycles. The minimum absolute atomic E-state index is 0.185. The van der Waals surface area contributed by atoms with Crippen LogP contribution in [0.2, 0.25) is 0 Å². The van der Waals surface area contributed by atoms with Gasteiger partial charge in [-0.2, -0.15) is 4.31 Å². The molecule has 1 aliphatic heterocycles. The Hall–Kier alpha value is -1.70. The van der Waals surface area contributed by atoms with E-state index < -0.39 is 10.0 Å². The van der Waals surface area contributed by atoms with Crippen LogP contribution in [0.5, 0.6) is 0 Å². The molecule has 2 aromatic rings. The van der Waals surface area contributed by atoms with Gasteiger partial charge in [0.2, 0.25) is 15.9 Å². The molecule has 0 bridgehead atoms. The highest BCUT2D eigenvalue weighted by Gasteiger charge is 2.26. The second-order valence-corrected chi connectivity index (χ2v) is 9.20. The van der Waals surface area contributed by atoms with E-state index in [-0.39, 0.29) is 17.2 Å². The average molecular weight is 437 g/mol. The number of amides is 1. The zero-order chi connectivity index (χ0) is 18.6. The smallest absolute Gasteiger partial charge is 0.243 e. The van der Waals surface area contributed by atoms with Crippen LogP contribution in [0, 0.1) is 0 Å². The summed E-state index contributed by atoms with van der Waals surface area (Å²) in [7, 11) is -3.51. The highest BCUT2D eigenvalue weighted by Crippen LogP contribution is 2.23. The van der Waals surface area contributed by atoms with Gasteiger partial charge in [0.05, 0.1) is 11.3 Å². The number of piperidine rings is 1. The summed E-state index contributed by atoms with van der Waals surface area (Å²) in [6.07, 6.45) is 3.07. The number of nitrogens with zero attached hydrogens (tertiary/aromatic N) is 1. The minimum atomic E-state index is -3.51. The number of hydrogen-bond acceptors (Lipinski definition) is 3. The Morgan fingerprint density at radius 3 is 2.50 bits per heavy atom. The lowest BCUT2D eigenvalue weighted by atomic mass is 10.1. The number of rotatable bonds is 5. The third-order valence-corrected chi connectivity index (χ3v) is 6.71. The maximum atomic E-state index is 12.8. The Morgan fingerprint density at radius 1 is 1.04 bits per heavy atom. The molecule has 138 valence electrons. The van der Waals surface area contributed by atoms with Gasteiger partial charge in [0.15, 0.2) is 0 Å². The second-order valence-electron chi connectivity index (χ2n) is 6.35. The van der Waals surface area contributed by atoms with E-state index in [4.69, 9.17) is 0 Å². The van der Waals surface area contributed by atoms with Gasteiger partial charge in [-0.1, -0.05) is 40.5 Å². The number of carbonyl (C=O) groups is 1. The molecule has 3 rings (SSSR count). The molecular formula is C19H21BrN2O3S. The van der Waals surface area contributed by atoms with Crippen molar-refractivity contribution in [1.29, 1.82) is 0 Å². The molecule has 7 heteroatoms. The molecular weight excluding hydrogens is 416 g/mol. The Bertz CT molecular complexity index is 893. The van der Waals surface area contributed by atoms with Crippen molar-refractivity contribution >= 4 is 37.5 Å². The molecule has 5 nitrogen and oxygen atoms in total. The predicted octanol–water partition coefficient (Wildman–Crippen LogP) is 3.80. The van der Waals surface area contributed by atoms with Gasteiger partial charge in [-0.15, -0.1) is 0 Å². The van der Waals surface area contributed by atoms with E-state index in [1.165, 1.54) is 10.4 Å². The average Bonchev–Trinajstić information content (AvgIpc) is 2.62. The maximum absolute atomic E-state index is 12.8. The van der Waals surface area contributed by atoms with Crippen molar-refractivity contribution in [2.75, 3.05) is 18.4 Å². The highest BCUT2D eigenvalue weighted by atomic mass is 79.9. The van der Waals surface area contributed by atoms with Gasteiger partial charge in [0, 0.05) is 23.2 Å². The maximum Gasteiger partial charge on any atom is 0.243 e. The number of anilines is 1. The molecule has 0 unspecified atom stereocenters. The van der Waals surface area contributed by atoms with Crippen molar-refractivity contribution in [2.45, 2.75) is 30.6 Å². The van der Waals surface area contributed by atoms with Crippen molar-refractivity contribution in [3.63, 3.8) is 0 Å². The quantitative estimate of drug-likeness (QED) is 0.774. The van der Waals surface area contributed by atoms with Crippen LogP contribution in [-0.2, 0) is 21.2 Å². The van der Waals surface area contributed by atoms with Gasteiger partial charge in [-0.3, -0.25) is 4.79 Å². The largest absolute Gasteiger partial charge is 0.326 e. The van der Waals surface area contributed by atoms with E-state index in [2.05, 4.69) is 21.2 Å². The monoisotopic (exact) mass is 436 g/mol. The molecule has 1 saturated heterocycles. The Morgan fingerprint density at radius 2 is 1.77 bits per heavy atom. The molecule has 0 saturated carbocycles. The lowest BCUT2D eigenvalue weighted by Crippen LogP contribution is -2.35. The number of carbonyl (C=O) groups excluding carboxylic acids is 1. The number of halogens is 1. The number of sulfonamides is 1. The summed E-state index contributed by atoms with van der Waals surface area (Å²) in [5.74, 6) is -0.185. The van der Waals surface area contributed by atoms with E-state index in [1.807, 2.05) is 24.3 Å². The first-order valence-electron chi connectivity index (χ1n) is 8.60. The molecule has 1 heterocycles. The molecule has 26 heavy (non-hydrogen) atoms. The first kappa shape index (κ1) is 19.1. The van der Waals surface area contributed by atoms with Crippen LogP contribution >= 0.6 is 15.9 Å². The molecule has 1 N–H and O–H groups in total. The molecule has 1 amide bonds. The molecule has 0 atom stereocenters. The lowest BCUT2D eigenvalue weighted by molar-refractivity contribution is -0.115. The van der Waals surface area contributed by atoms with Gasteiger partial charge in [0.1, 0.15) is 0 Å². The first-order chi connectivity index (χ1) is 12.4. The van der Waals surface area contributed by atoms with Crippen LogP contribution in [0.1, 0.15) is 24.8 Å². The first-order valence-corrected chi connectivity index (χ1v) is 10.8. The summed E-state index contributed by atoms with van der Waals surface area (Å²) in [5, 5.41) is 2.79. The van der Waals surface area contributed by atoms with E-state index in [1.54, 1.807) is 18.2 Å². The van der Waals surface area contributed by atoms with Crippen LogP contribution in [0.15, 0.2) is 57.9 Å². The highest BCUT2D eigenvalue weighted by molar-refractivity contribution is 9.10. The summed E-state index contributed by atoms with van der Waals surface area (Å²) < 4.78 is 28.0. The van der Waals surface area contributed by atoms with Crippen molar-refractivity contribution in [1.82, 2.24) is 4.31 Å². The van der Waals surface area contributed by atoms with Gasteiger partial charge in [0.25, 0.3) is 0 Å². The summed E-state index contributed by atoms with van der Waals surface area (Å²) in [4.78, 5) is 12.5. The van der Waals surface area contributed by atoms with Crippen LogP contribution in [0.25, 0.3) is 0 Å². The number of benzene rings is 2. The molecule has 2 aromatic carbocycles. The third kappa shape index (κ3) is 4.72. The molecule has 0 spiro atoms. The second kappa shape index (κ2) is 8.33. The van der Waals surface area contributed by atoms with Gasteiger partial charge < -0.3 is 5.32 Å². The molecule has 1 fully saturated rings. The Balaban J connectivity index is 1.71. The van der Waals surface area contributed by atoms with E-state index in [0.717, 1.165) is 29.3 Å². The topological polar surface area (TPSA) is 66.5 Å². The summed E-state index contributed by atoms with van der Waals surface area (Å²) >= 11 is 3.38. The van der Waals surface area contributed by atoms with Gasteiger partial charge >= 0.3 is 0 Å². The fourth-order valence-corrected chi connectivity index (χ4v) is 5.04. The van der Waals surface area contributed by atoms with Crippen molar-refractivity contribution < 1.29 is 13.2 Å². The molecule has 0 radical (unpaired) electrons. The number of hydrogen-bond donors (Lipinski definition) is 1. The van der Waals surface area contributed by atoms with Crippen molar-refractivity contribution in [3.8, 4) is 0 Å². The minimum Gasteiger partial charge on any atom is -0.326 e. The van der Waals surface area contributed by atoms with Gasteiger partial charge in [-0.05, 0) is 48.7 Å². The van der Waals surface area contributed by atoms with Crippen LogP contribution in [0.3, 0.4) is 0 Å². The summed E-state index contributed by atoms with van der Waals surface area (Å²) in [6.45, 7) is 1.11. The van der Waals surface area contributed by atoms with E-state index in [9.17, 15) is 13.2 Å².